The second-order valence-corrected chi connectivity index (χ2v) is 20.7. The van der Waals surface area contributed by atoms with Crippen LogP contribution in [-0.4, -0.2) is 17.2 Å². The lowest BCUT2D eigenvalue weighted by Gasteiger charge is -2.34. The van der Waals surface area contributed by atoms with Gasteiger partial charge in [0, 0.05) is 43.9 Å². The highest BCUT2D eigenvalue weighted by atomic mass is 28.3. The van der Waals surface area contributed by atoms with Crippen LogP contribution in [0, 0.1) is 0 Å². The minimum atomic E-state index is -2.83. The molecule has 0 saturated carbocycles. The summed E-state index contributed by atoms with van der Waals surface area (Å²) in [6.45, 7) is 4.75. The number of rotatable bonds is 6. The Bertz CT molecular complexity index is 3330. The summed E-state index contributed by atoms with van der Waals surface area (Å²) in [6, 6.07) is 81.8. The zero-order valence-corrected chi connectivity index (χ0v) is 34.7. The molecule has 2 aromatic heterocycles. The molecule has 0 fully saturated rings. The van der Waals surface area contributed by atoms with Crippen molar-refractivity contribution in [1.29, 1.82) is 0 Å². The summed E-state index contributed by atoms with van der Waals surface area (Å²) in [5.74, 6) is 0. The first-order valence-corrected chi connectivity index (χ1v) is 23.0. The maximum atomic E-state index is 2.53. The molecule has 60 heavy (non-hydrogen) atoms. The van der Waals surface area contributed by atoms with E-state index >= 15 is 0 Å². The Balaban J connectivity index is 1.08. The van der Waals surface area contributed by atoms with Crippen LogP contribution in [-0.2, 0) is 5.41 Å². The van der Waals surface area contributed by atoms with Crippen LogP contribution in [0.25, 0.3) is 66.1 Å². The van der Waals surface area contributed by atoms with Crippen LogP contribution in [0.5, 0.6) is 0 Å². The van der Waals surface area contributed by atoms with E-state index in [9.17, 15) is 0 Å². The van der Waals surface area contributed by atoms with Crippen molar-refractivity contribution in [2.75, 3.05) is 0 Å². The molecule has 1 aliphatic carbocycles. The van der Waals surface area contributed by atoms with E-state index in [1.807, 2.05) is 0 Å². The van der Waals surface area contributed by atoms with E-state index in [2.05, 4.69) is 241 Å². The second-order valence-electron chi connectivity index (χ2n) is 16.9. The van der Waals surface area contributed by atoms with Crippen LogP contribution in [0.3, 0.4) is 0 Å². The maximum Gasteiger partial charge on any atom is 0.179 e. The van der Waals surface area contributed by atoms with Crippen molar-refractivity contribution in [3.8, 4) is 22.5 Å². The highest BCUT2D eigenvalue weighted by Crippen LogP contribution is 2.52. The van der Waals surface area contributed by atoms with Gasteiger partial charge in [-0.15, -0.1) is 0 Å². The fraction of sp³-hybridized carbons (Fsp3) is 0.0526. The molecule has 1 aliphatic rings. The highest BCUT2D eigenvalue weighted by molar-refractivity contribution is 7.19. The van der Waals surface area contributed by atoms with E-state index in [0.29, 0.717) is 0 Å². The molecule has 9 aromatic carbocycles. The van der Waals surface area contributed by atoms with Crippen LogP contribution in [0.15, 0.2) is 218 Å². The van der Waals surface area contributed by atoms with Gasteiger partial charge in [0.1, 0.15) is 0 Å². The molecule has 0 bridgehead atoms. The summed E-state index contributed by atoms with van der Waals surface area (Å²) in [5, 5.41) is 10.6. The van der Waals surface area contributed by atoms with E-state index in [1.54, 1.807) is 0 Å². The van der Waals surface area contributed by atoms with E-state index in [1.165, 1.54) is 98.0 Å². The Morgan fingerprint density at radius 2 is 0.750 bits per heavy atom. The highest BCUT2D eigenvalue weighted by Gasteiger charge is 2.42. The van der Waals surface area contributed by atoms with Crippen molar-refractivity contribution in [1.82, 2.24) is 9.13 Å². The van der Waals surface area contributed by atoms with Gasteiger partial charge in [0.25, 0.3) is 0 Å². The SMILES string of the molecule is CC1(C)c2ccccc2-c2c1ccc1c3ccccc3n(-c3ccc([Si](c4ccccc4)(c4ccccc4)c4ccc(-n5c6ccccc6c6ccccc65)cc4)cc3)c21. The zero-order chi connectivity index (χ0) is 40.0. The van der Waals surface area contributed by atoms with Crippen LogP contribution in [0.1, 0.15) is 25.0 Å². The first-order chi connectivity index (χ1) is 29.5. The van der Waals surface area contributed by atoms with Gasteiger partial charge >= 0.3 is 0 Å². The fourth-order valence-corrected chi connectivity index (χ4v) is 15.5. The van der Waals surface area contributed by atoms with E-state index in [4.69, 9.17) is 0 Å². The second kappa shape index (κ2) is 13.2. The quantitative estimate of drug-likeness (QED) is 0.117. The van der Waals surface area contributed by atoms with Crippen LogP contribution >= 0.6 is 0 Å². The molecule has 0 aliphatic heterocycles. The number of aromatic nitrogens is 2. The van der Waals surface area contributed by atoms with Crippen molar-refractivity contribution >= 4 is 72.4 Å². The largest absolute Gasteiger partial charge is 0.309 e. The van der Waals surface area contributed by atoms with Crippen molar-refractivity contribution in [2.45, 2.75) is 19.3 Å². The molecule has 0 radical (unpaired) electrons. The van der Waals surface area contributed by atoms with Crippen LogP contribution in [0.2, 0.25) is 0 Å². The third kappa shape index (κ3) is 4.81. The van der Waals surface area contributed by atoms with Gasteiger partial charge in [0.15, 0.2) is 8.07 Å². The molecule has 11 aromatic rings. The number of para-hydroxylation sites is 3. The summed E-state index contributed by atoms with van der Waals surface area (Å²) >= 11 is 0. The van der Waals surface area contributed by atoms with Gasteiger partial charge in [-0.2, -0.15) is 0 Å². The Hall–Kier alpha value is -7.20. The zero-order valence-electron chi connectivity index (χ0n) is 33.7. The fourth-order valence-electron chi connectivity index (χ4n) is 10.8. The van der Waals surface area contributed by atoms with E-state index in [-0.39, 0.29) is 5.41 Å². The minimum absolute atomic E-state index is 0.0844. The molecule has 0 N–H and O–H groups in total. The smallest absolute Gasteiger partial charge is 0.179 e. The van der Waals surface area contributed by atoms with E-state index in [0.717, 1.165) is 0 Å². The van der Waals surface area contributed by atoms with Gasteiger partial charge in [-0.05, 0) is 79.9 Å². The number of hydrogen-bond donors (Lipinski definition) is 0. The standard InChI is InChI=1S/C57H42N2Si/c1-57(2)50-25-13-9-24-49(50)55-51(57)38-37-48-47-23-12-16-28-54(47)59(56(48)55)40-31-35-44(36-32-40)60(41-17-5-3-6-18-41,42-19-7-4-8-20-42)43-33-29-39(30-34-43)58-52-26-14-10-21-45(52)46-22-11-15-27-53(46)58/h3-38H,1-2H3. The Morgan fingerprint density at radius 1 is 0.333 bits per heavy atom. The van der Waals surface area contributed by atoms with Gasteiger partial charge in [-0.25, -0.2) is 0 Å². The summed E-state index contributed by atoms with van der Waals surface area (Å²) < 4.78 is 4.94. The predicted octanol–water partition coefficient (Wildman–Crippen LogP) is 11.6. The Kier molecular flexibility index (Phi) is 7.63. The van der Waals surface area contributed by atoms with Gasteiger partial charge in [0.05, 0.1) is 22.1 Å². The lowest BCUT2D eigenvalue weighted by Crippen LogP contribution is -2.74. The molecular weight excluding hydrogens is 741 g/mol. The third-order valence-electron chi connectivity index (χ3n) is 13.5. The molecule has 0 atom stereocenters. The number of benzene rings is 9. The van der Waals surface area contributed by atoms with Crippen molar-refractivity contribution in [2.24, 2.45) is 0 Å². The molecule has 2 nitrogen and oxygen atoms in total. The van der Waals surface area contributed by atoms with E-state index < -0.39 is 8.07 Å². The average Bonchev–Trinajstić information content (AvgIpc) is 3.91. The molecule has 0 amide bonds. The molecule has 284 valence electrons. The van der Waals surface area contributed by atoms with Gasteiger partial charge in [-0.3, -0.25) is 0 Å². The number of nitrogens with zero attached hydrogens (tertiary/aromatic N) is 2. The summed E-state index contributed by atoms with van der Waals surface area (Å²) in [5.41, 5.74) is 12.7. The molecule has 2 heterocycles. The topological polar surface area (TPSA) is 9.86 Å². The summed E-state index contributed by atoms with van der Waals surface area (Å²) in [6.07, 6.45) is 0. The molecule has 12 rings (SSSR count). The first kappa shape index (κ1) is 34.8. The Labute approximate surface area is 351 Å². The minimum Gasteiger partial charge on any atom is -0.309 e. The van der Waals surface area contributed by atoms with Crippen molar-refractivity contribution in [3.05, 3.63) is 230 Å². The predicted molar refractivity (Wildman–Crippen MR) is 256 cm³/mol. The van der Waals surface area contributed by atoms with Gasteiger partial charge in [0.2, 0.25) is 0 Å². The monoisotopic (exact) mass is 782 g/mol. The first-order valence-electron chi connectivity index (χ1n) is 21.0. The van der Waals surface area contributed by atoms with Crippen molar-refractivity contribution < 1.29 is 0 Å². The van der Waals surface area contributed by atoms with Crippen LogP contribution < -0.4 is 20.7 Å². The lowest BCUT2D eigenvalue weighted by molar-refractivity contribution is 0.661. The molecular formula is C57H42N2Si. The number of hydrogen-bond acceptors (Lipinski definition) is 0. The maximum absolute atomic E-state index is 2.83. The van der Waals surface area contributed by atoms with Crippen LogP contribution in [0.4, 0.5) is 0 Å². The molecule has 0 spiro atoms. The molecule has 3 heteroatoms. The lowest BCUT2D eigenvalue weighted by atomic mass is 9.82. The van der Waals surface area contributed by atoms with Gasteiger partial charge in [-0.1, -0.05) is 190 Å². The van der Waals surface area contributed by atoms with Crippen molar-refractivity contribution in [3.63, 3.8) is 0 Å². The summed E-state index contributed by atoms with van der Waals surface area (Å²) in [7, 11) is -2.83. The summed E-state index contributed by atoms with van der Waals surface area (Å²) in [4.78, 5) is 0. The normalized spacial score (nSPS) is 13.3. The average molecular weight is 783 g/mol. The molecule has 0 saturated heterocycles. The Morgan fingerprint density at radius 3 is 1.30 bits per heavy atom. The molecule has 0 unspecified atom stereocenters. The number of fused-ring (bicyclic) bond motifs is 10. The third-order valence-corrected chi connectivity index (χ3v) is 18.3. The van der Waals surface area contributed by atoms with Gasteiger partial charge < -0.3 is 9.13 Å².